The van der Waals surface area contributed by atoms with Crippen molar-refractivity contribution in [2.75, 3.05) is 0 Å². The SMILES string of the molecule is S=C(NS)OS. The van der Waals surface area contributed by atoms with Crippen molar-refractivity contribution in [2.45, 2.75) is 0 Å². The second-order valence-electron chi connectivity index (χ2n) is 0.491. The van der Waals surface area contributed by atoms with Gasteiger partial charge in [-0.1, -0.05) is 12.8 Å². The molecule has 2 nitrogen and oxygen atoms in total. The summed E-state index contributed by atoms with van der Waals surface area (Å²) in [5.41, 5.74) is 0. The highest BCUT2D eigenvalue weighted by Crippen LogP contribution is 1.79. The third kappa shape index (κ3) is 2.62. The predicted octanol–water partition coefficient (Wildman–Crippen LogP) is 0.567. The molecule has 0 amide bonds. The Bertz CT molecular complexity index is 48.8. The number of rotatable bonds is 0. The fourth-order valence-electron chi connectivity index (χ4n) is 0.0204. The van der Waals surface area contributed by atoms with E-state index < -0.39 is 0 Å². The fourth-order valence-corrected chi connectivity index (χ4v) is 0.184. The Morgan fingerprint density at radius 3 is 2.33 bits per heavy atom. The highest BCUT2D eigenvalue weighted by atomic mass is 32.1. The molecule has 0 aromatic heterocycles. The second-order valence-corrected chi connectivity index (χ2v) is 1.27. The Morgan fingerprint density at radius 1 is 1.83 bits per heavy atom. The molecule has 0 saturated carbocycles. The lowest BCUT2D eigenvalue weighted by molar-refractivity contribution is 0.659. The number of hydrogen-bond donors (Lipinski definition) is 3. The monoisotopic (exact) mass is 141 g/mol. The maximum atomic E-state index is 4.37. The first kappa shape index (κ1) is 6.39. The van der Waals surface area contributed by atoms with Gasteiger partial charge in [-0.3, -0.25) is 4.72 Å². The lowest BCUT2D eigenvalue weighted by Gasteiger charge is -1.91. The predicted molar refractivity (Wildman–Crippen MR) is 34.8 cm³/mol. The third-order valence-corrected chi connectivity index (χ3v) is 1.02. The van der Waals surface area contributed by atoms with Gasteiger partial charge in [0.15, 0.2) is 0 Å². The zero-order valence-electron chi connectivity index (χ0n) is 2.71. The quantitative estimate of drug-likeness (QED) is 0.261. The van der Waals surface area contributed by atoms with Gasteiger partial charge in [0.2, 0.25) is 0 Å². The van der Waals surface area contributed by atoms with Crippen LogP contribution in [0.15, 0.2) is 0 Å². The average molecular weight is 141 g/mol. The molecule has 0 radical (unpaired) electrons. The van der Waals surface area contributed by atoms with Gasteiger partial charge in [-0.2, -0.15) is 0 Å². The smallest absolute Gasteiger partial charge is 0.279 e. The molecule has 36 valence electrons. The molecule has 0 aliphatic rings. The summed E-state index contributed by atoms with van der Waals surface area (Å²) in [4.78, 5) is 0. The molecule has 0 heterocycles. The van der Waals surface area contributed by atoms with E-state index in [1.807, 2.05) is 0 Å². The van der Waals surface area contributed by atoms with Crippen LogP contribution >= 0.6 is 37.9 Å². The molecule has 0 unspecified atom stereocenters. The molecule has 1 N–H and O–H groups in total. The minimum absolute atomic E-state index is 0.154. The molecular formula is CH3NOS3. The summed E-state index contributed by atoms with van der Waals surface area (Å²) in [6, 6.07) is 0. The maximum Gasteiger partial charge on any atom is 0.279 e. The molecule has 0 aliphatic heterocycles. The van der Waals surface area contributed by atoms with Crippen LogP contribution in [0.3, 0.4) is 0 Å². The largest absolute Gasteiger partial charge is 0.400 e. The molecule has 0 spiro atoms. The van der Waals surface area contributed by atoms with Crippen molar-refractivity contribution in [2.24, 2.45) is 0 Å². The Hall–Kier alpha value is 0.390. The van der Waals surface area contributed by atoms with Crippen LogP contribution in [-0.2, 0) is 4.18 Å². The van der Waals surface area contributed by atoms with Gasteiger partial charge in [-0.25, -0.2) is 0 Å². The van der Waals surface area contributed by atoms with E-state index in [-0.39, 0.29) is 5.17 Å². The van der Waals surface area contributed by atoms with Crippen LogP contribution in [-0.4, -0.2) is 5.17 Å². The van der Waals surface area contributed by atoms with E-state index in [9.17, 15) is 0 Å². The third-order valence-electron chi connectivity index (χ3n) is 0.174. The molecule has 0 saturated heterocycles. The molecule has 6 heavy (non-hydrogen) atoms. The first-order valence-electron chi connectivity index (χ1n) is 1.06. The van der Waals surface area contributed by atoms with Crippen molar-refractivity contribution in [3.8, 4) is 0 Å². The Labute approximate surface area is 52.4 Å². The first-order valence-corrected chi connectivity index (χ1v) is 2.29. The number of thiol groups is 2. The van der Waals surface area contributed by atoms with E-state index in [0.717, 1.165) is 0 Å². The number of thiocarbonyl (C=S) groups is 1. The van der Waals surface area contributed by atoms with Crippen LogP contribution < -0.4 is 4.72 Å². The standard InChI is InChI=1S/CH3NOS3/c4-1(2-5)3-6/h5-6H,(H,2,4). The summed E-state index contributed by atoms with van der Waals surface area (Å²) in [5.74, 6) is 0. The van der Waals surface area contributed by atoms with Crippen molar-refractivity contribution < 1.29 is 4.18 Å². The second kappa shape index (κ2) is 3.58. The van der Waals surface area contributed by atoms with Crippen LogP contribution in [0.25, 0.3) is 0 Å². The highest BCUT2D eigenvalue weighted by Gasteiger charge is 1.81. The summed E-state index contributed by atoms with van der Waals surface area (Å²) >= 11 is 11.2. The molecule has 0 aromatic rings. The topological polar surface area (TPSA) is 21.3 Å². The van der Waals surface area contributed by atoms with Crippen molar-refractivity contribution in [3.05, 3.63) is 0 Å². The van der Waals surface area contributed by atoms with Gasteiger partial charge in [0.05, 0.1) is 0 Å². The summed E-state index contributed by atoms with van der Waals surface area (Å²) in [5, 5.41) is 0.154. The summed E-state index contributed by atoms with van der Waals surface area (Å²) in [7, 11) is 0. The van der Waals surface area contributed by atoms with E-state index >= 15 is 0 Å². The number of nitrogens with one attached hydrogen (secondary N) is 1. The maximum absolute atomic E-state index is 4.37. The zero-order valence-corrected chi connectivity index (χ0v) is 5.32. The van der Waals surface area contributed by atoms with E-state index in [0.29, 0.717) is 0 Å². The van der Waals surface area contributed by atoms with E-state index in [1.165, 1.54) is 0 Å². The van der Waals surface area contributed by atoms with Gasteiger partial charge in [-0.15, -0.1) is 0 Å². The molecular weight excluding hydrogens is 138 g/mol. The summed E-state index contributed by atoms with van der Waals surface area (Å²) in [6.45, 7) is 0. The lowest BCUT2D eigenvalue weighted by atomic mass is 11.4. The Kier molecular flexibility index (Phi) is 3.81. The van der Waals surface area contributed by atoms with Crippen molar-refractivity contribution in [1.29, 1.82) is 0 Å². The van der Waals surface area contributed by atoms with E-state index in [1.54, 1.807) is 0 Å². The minimum atomic E-state index is 0.154. The van der Waals surface area contributed by atoms with Crippen LogP contribution in [0.2, 0.25) is 0 Å². The molecule has 5 heteroatoms. The Morgan fingerprint density at radius 2 is 2.33 bits per heavy atom. The van der Waals surface area contributed by atoms with Gasteiger partial charge >= 0.3 is 0 Å². The lowest BCUT2D eigenvalue weighted by Crippen LogP contribution is -2.07. The highest BCUT2D eigenvalue weighted by molar-refractivity contribution is 7.85. The molecule has 0 bridgehead atoms. The van der Waals surface area contributed by atoms with E-state index in [4.69, 9.17) is 0 Å². The van der Waals surface area contributed by atoms with Crippen LogP contribution in [0.4, 0.5) is 0 Å². The van der Waals surface area contributed by atoms with E-state index in [2.05, 4.69) is 46.8 Å². The minimum Gasteiger partial charge on any atom is -0.400 e. The van der Waals surface area contributed by atoms with Crippen molar-refractivity contribution >= 4 is 43.1 Å². The fraction of sp³-hybridized carbons (Fsp3) is 0. The van der Waals surface area contributed by atoms with Crippen LogP contribution in [0.1, 0.15) is 0 Å². The van der Waals surface area contributed by atoms with Gasteiger partial charge in [0.1, 0.15) is 0 Å². The van der Waals surface area contributed by atoms with Gasteiger partial charge in [0, 0.05) is 12.9 Å². The molecule has 0 fully saturated rings. The van der Waals surface area contributed by atoms with Gasteiger partial charge < -0.3 is 4.18 Å². The number of hydrogen-bond acceptors (Lipinski definition) is 4. The molecule has 0 atom stereocenters. The summed E-state index contributed by atoms with van der Waals surface area (Å²) < 4.78 is 6.38. The van der Waals surface area contributed by atoms with Crippen molar-refractivity contribution in [3.63, 3.8) is 0 Å². The summed E-state index contributed by atoms with van der Waals surface area (Å²) in [6.07, 6.45) is 0. The first-order chi connectivity index (χ1) is 2.81. The molecule has 0 aliphatic carbocycles. The van der Waals surface area contributed by atoms with Gasteiger partial charge in [0.25, 0.3) is 5.17 Å². The Balaban J connectivity index is 2.99. The normalized spacial score (nSPS) is 7.00. The van der Waals surface area contributed by atoms with Gasteiger partial charge in [-0.05, 0) is 12.2 Å². The van der Waals surface area contributed by atoms with Crippen molar-refractivity contribution in [1.82, 2.24) is 4.72 Å². The van der Waals surface area contributed by atoms with Crippen LogP contribution in [0.5, 0.6) is 0 Å². The molecule has 0 aromatic carbocycles. The average Bonchev–Trinajstić information content (AvgIpc) is 1.65. The zero-order chi connectivity index (χ0) is 4.99. The van der Waals surface area contributed by atoms with Crippen LogP contribution in [0, 0.1) is 0 Å². The molecule has 0 rings (SSSR count).